The minimum atomic E-state index is -0.949. The molecule has 20 heavy (non-hydrogen) atoms. The maximum atomic E-state index is 13.6. The van der Waals surface area contributed by atoms with Gasteiger partial charge in [-0.05, 0) is 24.3 Å². The summed E-state index contributed by atoms with van der Waals surface area (Å²) in [6.45, 7) is 0. The molecule has 2 aromatic rings. The third-order valence-corrected chi connectivity index (χ3v) is 2.87. The summed E-state index contributed by atoms with van der Waals surface area (Å²) in [4.78, 5) is 11.8. The van der Waals surface area contributed by atoms with Crippen molar-refractivity contribution in [2.45, 2.75) is 0 Å². The quantitative estimate of drug-likeness (QED) is 0.782. The second-order valence-corrected chi connectivity index (χ2v) is 4.85. The van der Waals surface area contributed by atoms with Crippen molar-refractivity contribution in [3.05, 3.63) is 52.0 Å². The fourth-order valence-corrected chi connectivity index (χ4v) is 1.98. The zero-order valence-electron chi connectivity index (χ0n) is 9.82. The lowest BCUT2D eigenvalue weighted by atomic mass is 10.2. The number of benzene rings is 2. The van der Waals surface area contributed by atoms with Crippen LogP contribution in [0.1, 0.15) is 10.4 Å². The average molecular weight is 344 g/mol. The first-order valence-electron chi connectivity index (χ1n) is 5.36. The molecule has 0 aromatic heterocycles. The highest BCUT2D eigenvalue weighted by Crippen LogP contribution is 2.25. The van der Waals surface area contributed by atoms with Gasteiger partial charge in [-0.1, -0.05) is 15.9 Å². The van der Waals surface area contributed by atoms with Crippen LogP contribution in [0.5, 0.6) is 11.5 Å². The summed E-state index contributed by atoms with van der Waals surface area (Å²) in [5.74, 6) is -3.45. The molecule has 2 aromatic carbocycles. The highest BCUT2D eigenvalue weighted by Gasteiger charge is 2.15. The Hall–Kier alpha value is -2.15. The van der Waals surface area contributed by atoms with E-state index in [4.69, 9.17) is 0 Å². The fourth-order valence-electron chi connectivity index (χ4n) is 1.57. The Morgan fingerprint density at radius 1 is 1.00 bits per heavy atom. The summed E-state index contributed by atoms with van der Waals surface area (Å²) in [5, 5.41) is 20.6. The number of halogens is 3. The number of nitrogens with one attached hydrogen (secondary N) is 1. The standard InChI is InChI=1S/C13H8BrF2NO3/c14-7-3-10(15)12(11(16)4-7)17-13(20)6-1-8(18)5-9(19)2-6/h1-5,18-19H,(H,17,20). The van der Waals surface area contributed by atoms with E-state index < -0.39 is 23.2 Å². The second kappa shape index (κ2) is 5.46. The van der Waals surface area contributed by atoms with Crippen LogP contribution in [-0.4, -0.2) is 16.1 Å². The van der Waals surface area contributed by atoms with Crippen molar-refractivity contribution in [3.8, 4) is 11.5 Å². The van der Waals surface area contributed by atoms with Gasteiger partial charge in [0.15, 0.2) is 11.6 Å². The van der Waals surface area contributed by atoms with E-state index in [1.165, 1.54) is 0 Å². The van der Waals surface area contributed by atoms with E-state index in [1.54, 1.807) is 0 Å². The summed E-state index contributed by atoms with van der Waals surface area (Å²) in [6.07, 6.45) is 0. The van der Waals surface area contributed by atoms with Crippen LogP contribution in [0.25, 0.3) is 0 Å². The minimum absolute atomic E-state index is 0.135. The van der Waals surface area contributed by atoms with Gasteiger partial charge in [0, 0.05) is 16.1 Å². The normalized spacial score (nSPS) is 10.3. The lowest BCUT2D eigenvalue weighted by Gasteiger charge is -2.09. The Morgan fingerprint density at radius 3 is 2.00 bits per heavy atom. The molecule has 0 aliphatic rings. The Morgan fingerprint density at radius 2 is 1.50 bits per heavy atom. The first kappa shape index (κ1) is 14.3. The lowest BCUT2D eigenvalue weighted by Crippen LogP contribution is -2.14. The first-order chi connectivity index (χ1) is 9.36. The second-order valence-electron chi connectivity index (χ2n) is 3.94. The predicted molar refractivity (Wildman–Crippen MR) is 71.8 cm³/mol. The highest BCUT2D eigenvalue weighted by molar-refractivity contribution is 9.10. The summed E-state index contributed by atoms with van der Waals surface area (Å²) < 4.78 is 27.3. The van der Waals surface area contributed by atoms with Crippen molar-refractivity contribution < 1.29 is 23.8 Å². The maximum absolute atomic E-state index is 13.6. The molecule has 0 bridgehead atoms. The number of hydrogen-bond acceptors (Lipinski definition) is 3. The van der Waals surface area contributed by atoms with Gasteiger partial charge in [0.2, 0.25) is 0 Å². The molecule has 0 radical (unpaired) electrons. The Bertz CT molecular complexity index is 648. The van der Waals surface area contributed by atoms with E-state index in [0.717, 1.165) is 30.3 Å². The molecule has 104 valence electrons. The number of carbonyl (C=O) groups is 1. The number of aromatic hydroxyl groups is 2. The van der Waals surface area contributed by atoms with Crippen LogP contribution < -0.4 is 5.32 Å². The largest absolute Gasteiger partial charge is 0.508 e. The van der Waals surface area contributed by atoms with E-state index in [0.29, 0.717) is 0 Å². The van der Waals surface area contributed by atoms with Gasteiger partial charge < -0.3 is 15.5 Å². The molecule has 0 atom stereocenters. The zero-order valence-corrected chi connectivity index (χ0v) is 11.4. The van der Waals surface area contributed by atoms with Gasteiger partial charge in [0.1, 0.15) is 17.2 Å². The SMILES string of the molecule is O=C(Nc1c(F)cc(Br)cc1F)c1cc(O)cc(O)c1. The molecule has 7 heteroatoms. The topological polar surface area (TPSA) is 69.6 Å². The average Bonchev–Trinajstić information content (AvgIpc) is 2.32. The third-order valence-electron chi connectivity index (χ3n) is 2.41. The zero-order chi connectivity index (χ0) is 14.9. The van der Waals surface area contributed by atoms with Crippen molar-refractivity contribution in [1.29, 1.82) is 0 Å². The first-order valence-corrected chi connectivity index (χ1v) is 6.15. The molecule has 2 rings (SSSR count). The molecule has 0 heterocycles. The van der Waals surface area contributed by atoms with Gasteiger partial charge >= 0.3 is 0 Å². The van der Waals surface area contributed by atoms with E-state index in [9.17, 15) is 23.8 Å². The molecule has 0 spiro atoms. The molecule has 4 nitrogen and oxygen atoms in total. The molecule has 0 aliphatic heterocycles. The van der Waals surface area contributed by atoms with Crippen molar-refractivity contribution in [2.24, 2.45) is 0 Å². The molecule has 0 saturated carbocycles. The van der Waals surface area contributed by atoms with Crippen LogP contribution in [0.15, 0.2) is 34.8 Å². The van der Waals surface area contributed by atoms with Crippen molar-refractivity contribution in [3.63, 3.8) is 0 Å². The van der Waals surface area contributed by atoms with Crippen LogP contribution in [0.4, 0.5) is 14.5 Å². The monoisotopic (exact) mass is 343 g/mol. The molecular weight excluding hydrogens is 336 g/mol. The lowest BCUT2D eigenvalue weighted by molar-refractivity contribution is 0.102. The number of rotatable bonds is 2. The summed E-state index contributed by atoms with van der Waals surface area (Å²) >= 11 is 2.92. The van der Waals surface area contributed by atoms with Gasteiger partial charge in [-0.3, -0.25) is 4.79 Å². The summed E-state index contributed by atoms with van der Waals surface area (Å²) in [5.41, 5.74) is -0.745. The molecular formula is C13H8BrF2NO3. The van der Waals surface area contributed by atoms with Gasteiger partial charge in [-0.2, -0.15) is 0 Å². The van der Waals surface area contributed by atoms with Gasteiger partial charge in [-0.25, -0.2) is 8.78 Å². The number of amides is 1. The molecule has 0 fully saturated rings. The molecule has 0 aliphatic carbocycles. The summed E-state index contributed by atoms with van der Waals surface area (Å²) in [6, 6.07) is 5.14. The van der Waals surface area contributed by atoms with Crippen LogP contribution in [0, 0.1) is 11.6 Å². The van der Waals surface area contributed by atoms with Crippen LogP contribution in [0.2, 0.25) is 0 Å². The number of phenolic OH excluding ortho intramolecular Hbond substituents is 2. The smallest absolute Gasteiger partial charge is 0.256 e. The van der Waals surface area contributed by atoms with E-state index in [1.807, 2.05) is 5.32 Å². The highest BCUT2D eigenvalue weighted by atomic mass is 79.9. The van der Waals surface area contributed by atoms with Crippen molar-refractivity contribution in [1.82, 2.24) is 0 Å². The third kappa shape index (κ3) is 3.05. The summed E-state index contributed by atoms with van der Waals surface area (Å²) in [7, 11) is 0. The van der Waals surface area contributed by atoms with Crippen molar-refractivity contribution >= 4 is 27.5 Å². The number of carbonyl (C=O) groups excluding carboxylic acids is 1. The minimum Gasteiger partial charge on any atom is -0.508 e. The van der Waals surface area contributed by atoms with Crippen molar-refractivity contribution in [2.75, 3.05) is 5.32 Å². The van der Waals surface area contributed by atoms with Crippen LogP contribution in [-0.2, 0) is 0 Å². The Balaban J connectivity index is 2.32. The predicted octanol–water partition coefficient (Wildman–Crippen LogP) is 3.39. The molecule has 0 unspecified atom stereocenters. The van der Waals surface area contributed by atoms with Gasteiger partial charge in [0.25, 0.3) is 5.91 Å². The van der Waals surface area contributed by atoms with Crippen LogP contribution >= 0.6 is 15.9 Å². The molecule has 3 N–H and O–H groups in total. The molecule has 1 amide bonds. The number of anilines is 1. The van der Waals surface area contributed by atoms with E-state index in [-0.39, 0.29) is 21.5 Å². The van der Waals surface area contributed by atoms with Gasteiger partial charge in [-0.15, -0.1) is 0 Å². The Labute approximate surface area is 120 Å². The van der Waals surface area contributed by atoms with E-state index in [2.05, 4.69) is 15.9 Å². The molecule has 0 saturated heterocycles. The van der Waals surface area contributed by atoms with E-state index >= 15 is 0 Å². The van der Waals surface area contributed by atoms with Crippen LogP contribution in [0.3, 0.4) is 0 Å². The Kier molecular flexibility index (Phi) is 3.89. The fraction of sp³-hybridized carbons (Fsp3) is 0. The number of phenols is 2. The van der Waals surface area contributed by atoms with Gasteiger partial charge in [0.05, 0.1) is 0 Å². The number of hydrogen-bond donors (Lipinski definition) is 3. The maximum Gasteiger partial charge on any atom is 0.256 e.